The molecule has 1 N–H and O–H groups in total. The van der Waals surface area contributed by atoms with E-state index in [2.05, 4.69) is 34.8 Å². The minimum absolute atomic E-state index is 0.0482. The Bertz CT molecular complexity index is 1120. The number of sulfonamides is 1. The Kier molecular flexibility index (Phi) is 6.23. The second-order valence-corrected chi connectivity index (χ2v) is 9.52. The van der Waals surface area contributed by atoms with Gasteiger partial charge in [-0.25, -0.2) is 8.42 Å². The molecule has 7 heteroatoms. The second kappa shape index (κ2) is 9.06. The predicted octanol–water partition coefficient (Wildman–Crippen LogP) is 3.60. The van der Waals surface area contributed by atoms with Crippen LogP contribution in [0.25, 0.3) is 5.57 Å². The molecule has 2 aliphatic heterocycles. The number of amides is 1. The van der Waals surface area contributed by atoms with Crippen LogP contribution in [0.5, 0.6) is 0 Å². The number of unbranched alkanes of at least 4 members (excludes halogenated alkanes) is 1. The first-order valence-corrected chi connectivity index (χ1v) is 12.2. The molecule has 2 aromatic rings. The van der Waals surface area contributed by atoms with Crippen molar-refractivity contribution in [2.45, 2.75) is 43.5 Å². The van der Waals surface area contributed by atoms with Gasteiger partial charge in [-0.3, -0.25) is 14.5 Å². The van der Waals surface area contributed by atoms with Crippen molar-refractivity contribution in [2.24, 2.45) is 4.99 Å². The fourth-order valence-electron chi connectivity index (χ4n) is 4.02. The SMILES string of the molecule is CCCCC(N=C1NS(=O)(=O)c2ccccc21)C(=O)N1CC=C(c2ccccc2)CC1. The molecule has 0 radical (unpaired) electrons. The molecule has 1 amide bonds. The highest BCUT2D eigenvalue weighted by molar-refractivity contribution is 7.90. The van der Waals surface area contributed by atoms with Crippen LogP contribution in [0.2, 0.25) is 0 Å². The molecule has 162 valence electrons. The number of rotatable bonds is 6. The number of amidine groups is 1. The van der Waals surface area contributed by atoms with Crippen LogP contribution in [0, 0.1) is 0 Å². The minimum atomic E-state index is -3.62. The summed E-state index contributed by atoms with van der Waals surface area (Å²) in [6.45, 7) is 3.24. The van der Waals surface area contributed by atoms with Gasteiger partial charge in [-0.1, -0.05) is 68.3 Å². The quantitative estimate of drug-likeness (QED) is 0.750. The summed E-state index contributed by atoms with van der Waals surface area (Å²) in [6, 6.07) is 16.4. The van der Waals surface area contributed by atoms with Crippen LogP contribution in [-0.2, 0) is 14.8 Å². The van der Waals surface area contributed by atoms with E-state index in [1.54, 1.807) is 24.3 Å². The number of carbonyl (C=O) groups excluding carboxylic acids is 1. The van der Waals surface area contributed by atoms with E-state index in [9.17, 15) is 13.2 Å². The summed E-state index contributed by atoms with van der Waals surface area (Å²) in [5.74, 6) is 0.218. The van der Waals surface area contributed by atoms with Gasteiger partial charge in [0, 0.05) is 18.7 Å². The Morgan fingerprint density at radius 1 is 1.13 bits per heavy atom. The van der Waals surface area contributed by atoms with Gasteiger partial charge in [0.2, 0.25) is 5.91 Å². The maximum absolute atomic E-state index is 13.3. The third-order valence-electron chi connectivity index (χ3n) is 5.73. The second-order valence-electron chi connectivity index (χ2n) is 7.87. The zero-order valence-electron chi connectivity index (χ0n) is 17.6. The Balaban J connectivity index is 1.56. The van der Waals surface area contributed by atoms with Crippen molar-refractivity contribution in [3.8, 4) is 0 Å². The van der Waals surface area contributed by atoms with Crippen molar-refractivity contribution in [3.05, 3.63) is 71.8 Å². The smallest absolute Gasteiger partial charge is 0.263 e. The molecule has 6 nitrogen and oxygen atoms in total. The van der Waals surface area contributed by atoms with E-state index in [4.69, 9.17) is 0 Å². The summed E-state index contributed by atoms with van der Waals surface area (Å²) in [5, 5.41) is 0. The van der Waals surface area contributed by atoms with Crippen molar-refractivity contribution >= 4 is 27.3 Å². The van der Waals surface area contributed by atoms with Crippen LogP contribution in [0.4, 0.5) is 0 Å². The lowest BCUT2D eigenvalue weighted by atomic mass is 9.99. The van der Waals surface area contributed by atoms with Crippen molar-refractivity contribution < 1.29 is 13.2 Å². The molecular formula is C24H27N3O3S. The molecule has 0 bridgehead atoms. The molecule has 4 rings (SSSR count). The number of aliphatic imine (C=N–C) groups is 1. The molecule has 1 atom stereocenters. The highest BCUT2D eigenvalue weighted by Gasteiger charge is 2.33. The fraction of sp³-hybridized carbons (Fsp3) is 0.333. The summed E-state index contributed by atoms with van der Waals surface area (Å²) in [6.07, 6.45) is 5.28. The molecule has 0 saturated heterocycles. The van der Waals surface area contributed by atoms with E-state index in [-0.39, 0.29) is 16.6 Å². The van der Waals surface area contributed by atoms with Crippen LogP contribution in [-0.4, -0.2) is 44.2 Å². The van der Waals surface area contributed by atoms with E-state index in [1.165, 1.54) is 11.1 Å². The Morgan fingerprint density at radius 3 is 2.58 bits per heavy atom. The average molecular weight is 438 g/mol. The minimum Gasteiger partial charge on any atom is -0.337 e. The topological polar surface area (TPSA) is 78.8 Å². The largest absolute Gasteiger partial charge is 0.337 e. The summed E-state index contributed by atoms with van der Waals surface area (Å²) in [7, 11) is -3.62. The van der Waals surface area contributed by atoms with Gasteiger partial charge < -0.3 is 4.90 Å². The molecule has 0 fully saturated rings. The van der Waals surface area contributed by atoms with Gasteiger partial charge in [0.05, 0.1) is 4.90 Å². The highest BCUT2D eigenvalue weighted by atomic mass is 32.2. The van der Waals surface area contributed by atoms with Crippen LogP contribution in [0.15, 0.2) is 70.6 Å². The average Bonchev–Trinajstić information content (AvgIpc) is 3.07. The monoisotopic (exact) mass is 437 g/mol. The zero-order chi connectivity index (χ0) is 21.8. The zero-order valence-corrected chi connectivity index (χ0v) is 18.4. The first kappa shape index (κ1) is 21.3. The third kappa shape index (κ3) is 4.56. The first-order chi connectivity index (χ1) is 15.0. The van der Waals surface area contributed by atoms with Crippen LogP contribution < -0.4 is 4.72 Å². The summed E-state index contributed by atoms with van der Waals surface area (Å²) >= 11 is 0. The molecule has 2 aromatic carbocycles. The molecule has 0 aliphatic carbocycles. The molecular weight excluding hydrogens is 410 g/mol. The lowest BCUT2D eigenvalue weighted by molar-refractivity contribution is -0.132. The van der Waals surface area contributed by atoms with Crippen LogP contribution >= 0.6 is 0 Å². The number of nitrogens with zero attached hydrogens (tertiary/aromatic N) is 2. The number of carbonyl (C=O) groups is 1. The van der Waals surface area contributed by atoms with Gasteiger partial charge in [0.15, 0.2) is 0 Å². The summed E-state index contributed by atoms with van der Waals surface area (Å²) in [4.78, 5) is 20.0. The Labute approximate surface area is 183 Å². The lowest BCUT2D eigenvalue weighted by Crippen LogP contribution is -2.41. The van der Waals surface area contributed by atoms with Gasteiger partial charge in [-0.2, -0.15) is 0 Å². The molecule has 31 heavy (non-hydrogen) atoms. The van der Waals surface area contributed by atoms with Crippen molar-refractivity contribution in [1.82, 2.24) is 9.62 Å². The first-order valence-electron chi connectivity index (χ1n) is 10.7. The third-order valence-corrected chi connectivity index (χ3v) is 7.13. The van der Waals surface area contributed by atoms with Gasteiger partial charge in [0.25, 0.3) is 10.0 Å². The van der Waals surface area contributed by atoms with Crippen molar-refractivity contribution in [1.29, 1.82) is 0 Å². The van der Waals surface area contributed by atoms with Crippen molar-refractivity contribution in [3.63, 3.8) is 0 Å². The van der Waals surface area contributed by atoms with Gasteiger partial charge in [0.1, 0.15) is 11.9 Å². The highest BCUT2D eigenvalue weighted by Crippen LogP contribution is 2.25. The molecule has 2 heterocycles. The van der Waals surface area contributed by atoms with E-state index in [0.717, 1.165) is 19.3 Å². The number of hydrogen-bond acceptors (Lipinski definition) is 4. The number of hydrogen-bond donors (Lipinski definition) is 1. The molecule has 0 spiro atoms. The Morgan fingerprint density at radius 2 is 1.87 bits per heavy atom. The van der Waals surface area contributed by atoms with E-state index >= 15 is 0 Å². The Hall–Kier alpha value is -2.93. The molecule has 0 aromatic heterocycles. The fourth-order valence-corrected chi connectivity index (χ4v) is 5.26. The van der Waals surface area contributed by atoms with Crippen LogP contribution in [0.3, 0.4) is 0 Å². The standard InChI is InChI=1S/C24H27N3O3S/c1-2-3-12-21(25-23-20-11-7-8-13-22(20)31(29,30)26-23)24(28)27-16-14-19(15-17-27)18-9-5-4-6-10-18/h4-11,13-14,21H,2-3,12,15-17H2,1H3,(H,25,26). The predicted molar refractivity (Wildman–Crippen MR) is 122 cm³/mol. The number of fused-ring (bicyclic) bond motifs is 1. The normalized spacial score (nSPS) is 19.5. The van der Waals surface area contributed by atoms with E-state index in [1.807, 2.05) is 23.1 Å². The summed E-state index contributed by atoms with van der Waals surface area (Å²) < 4.78 is 27.3. The van der Waals surface area contributed by atoms with E-state index < -0.39 is 16.1 Å². The molecule has 2 aliphatic rings. The van der Waals surface area contributed by atoms with Crippen molar-refractivity contribution in [2.75, 3.05) is 13.1 Å². The summed E-state index contributed by atoms with van der Waals surface area (Å²) in [5.41, 5.74) is 2.97. The van der Waals surface area contributed by atoms with Crippen LogP contribution in [0.1, 0.15) is 43.7 Å². The maximum atomic E-state index is 13.3. The van der Waals surface area contributed by atoms with Gasteiger partial charge in [-0.05, 0) is 36.1 Å². The lowest BCUT2D eigenvalue weighted by Gasteiger charge is -2.29. The number of benzene rings is 2. The molecule has 1 unspecified atom stereocenters. The van der Waals surface area contributed by atoms with Gasteiger partial charge in [-0.15, -0.1) is 0 Å². The molecule has 0 saturated carbocycles. The van der Waals surface area contributed by atoms with Gasteiger partial charge >= 0.3 is 0 Å². The maximum Gasteiger partial charge on any atom is 0.263 e. The number of nitrogens with one attached hydrogen (secondary N) is 1. The van der Waals surface area contributed by atoms with E-state index in [0.29, 0.717) is 25.1 Å².